The van der Waals surface area contributed by atoms with Gasteiger partial charge in [-0.15, -0.1) is 5.10 Å². The molecule has 0 aliphatic rings. The van der Waals surface area contributed by atoms with Crippen molar-refractivity contribution in [2.45, 2.75) is 6.10 Å². The molecular weight excluding hydrogens is 336 g/mol. The Labute approximate surface area is 157 Å². The van der Waals surface area contributed by atoms with E-state index in [-0.39, 0.29) is 6.10 Å². The summed E-state index contributed by atoms with van der Waals surface area (Å²) in [7, 11) is 0. The molecule has 0 atom stereocenters. The number of H-pyrrole nitrogens is 1. The summed E-state index contributed by atoms with van der Waals surface area (Å²) in [6, 6.07) is 28.4. The Kier molecular flexibility index (Phi) is 5.02. The van der Waals surface area contributed by atoms with Crippen molar-refractivity contribution >= 4 is 12.2 Å². The van der Waals surface area contributed by atoms with E-state index in [2.05, 4.69) is 44.9 Å². The highest BCUT2D eigenvalue weighted by atomic mass is 16.5. The van der Waals surface area contributed by atoms with Crippen LogP contribution >= 0.6 is 0 Å². The van der Waals surface area contributed by atoms with Crippen LogP contribution in [-0.2, 0) is 0 Å². The molecule has 0 saturated carbocycles. The van der Waals surface area contributed by atoms with Crippen LogP contribution in [0.2, 0.25) is 0 Å². The van der Waals surface area contributed by atoms with Gasteiger partial charge in [0.15, 0.2) is 5.82 Å². The van der Waals surface area contributed by atoms with Gasteiger partial charge in [0.2, 0.25) is 0 Å². The predicted molar refractivity (Wildman–Crippen MR) is 105 cm³/mol. The van der Waals surface area contributed by atoms with Crippen LogP contribution in [0.25, 0.3) is 12.2 Å². The summed E-state index contributed by atoms with van der Waals surface area (Å²) >= 11 is 0. The molecule has 4 aromatic rings. The first-order valence-corrected chi connectivity index (χ1v) is 8.67. The first-order valence-electron chi connectivity index (χ1n) is 8.67. The van der Waals surface area contributed by atoms with Crippen LogP contribution in [0.5, 0.6) is 5.75 Å². The smallest absolute Gasteiger partial charge is 0.172 e. The SMILES string of the molecule is C(=Cc1nnn[nH]1)c1cccc(OC(c2ccccc2)c2ccccc2)c1. The third-order valence-corrected chi connectivity index (χ3v) is 4.11. The quantitative estimate of drug-likeness (QED) is 0.552. The molecule has 0 spiro atoms. The predicted octanol–water partition coefficient (Wildman–Crippen LogP) is 4.54. The summed E-state index contributed by atoms with van der Waals surface area (Å²) in [6.45, 7) is 0. The summed E-state index contributed by atoms with van der Waals surface area (Å²) in [6.07, 6.45) is 3.59. The summed E-state index contributed by atoms with van der Waals surface area (Å²) < 4.78 is 6.38. The average Bonchev–Trinajstić information content (AvgIpc) is 3.26. The molecule has 1 heterocycles. The molecule has 0 bridgehead atoms. The largest absolute Gasteiger partial charge is 0.481 e. The second kappa shape index (κ2) is 8.10. The molecule has 0 aliphatic carbocycles. The summed E-state index contributed by atoms with van der Waals surface area (Å²) in [4.78, 5) is 0. The Morgan fingerprint density at radius 3 is 2.11 bits per heavy atom. The standard InChI is InChI=1S/C22H18N4O/c1-3-9-18(10-4-1)22(19-11-5-2-6-12-19)27-20-13-7-8-17(16-20)14-15-21-23-25-26-24-21/h1-16,22H,(H,23,24,25,26). The van der Waals surface area contributed by atoms with Gasteiger partial charge in [-0.2, -0.15) is 0 Å². The molecule has 0 unspecified atom stereocenters. The van der Waals surface area contributed by atoms with Crippen molar-refractivity contribution in [3.05, 3.63) is 107 Å². The molecule has 3 aromatic carbocycles. The molecule has 0 aliphatic heterocycles. The number of aromatic nitrogens is 4. The van der Waals surface area contributed by atoms with E-state index in [0.29, 0.717) is 5.82 Å². The maximum absolute atomic E-state index is 6.38. The monoisotopic (exact) mass is 354 g/mol. The van der Waals surface area contributed by atoms with Gasteiger partial charge in [0.05, 0.1) is 0 Å². The van der Waals surface area contributed by atoms with Gasteiger partial charge in [-0.3, -0.25) is 0 Å². The minimum atomic E-state index is -0.176. The third-order valence-electron chi connectivity index (χ3n) is 4.11. The van der Waals surface area contributed by atoms with E-state index >= 15 is 0 Å². The van der Waals surface area contributed by atoms with E-state index in [9.17, 15) is 0 Å². The second-order valence-corrected chi connectivity index (χ2v) is 6.01. The Morgan fingerprint density at radius 2 is 1.48 bits per heavy atom. The average molecular weight is 354 g/mol. The summed E-state index contributed by atoms with van der Waals surface area (Å²) in [5, 5.41) is 13.7. The lowest BCUT2D eigenvalue weighted by Crippen LogP contribution is -2.09. The minimum Gasteiger partial charge on any atom is -0.481 e. The lowest BCUT2D eigenvalue weighted by atomic mass is 10.0. The number of nitrogens with zero attached hydrogens (tertiary/aromatic N) is 3. The van der Waals surface area contributed by atoms with Crippen molar-refractivity contribution in [1.29, 1.82) is 0 Å². The highest BCUT2D eigenvalue weighted by Gasteiger charge is 2.15. The highest BCUT2D eigenvalue weighted by molar-refractivity contribution is 5.67. The number of rotatable bonds is 6. The van der Waals surface area contributed by atoms with Gasteiger partial charge in [-0.1, -0.05) is 78.9 Å². The van der Waals surface area contributed by atoms with Crippen LogP contribution in [0.1, 0.15) is 28.6 Å². The van der Waals surface area contributed by atoms with Gasteiger partial charge in [-0.25, -0.2) is 5.10 Å². The van der Waals surface area contributed by atoms with E-state index in [0.717, 1.165) is 22.4 Å². The van der Waals surface area contributed by atoms with Crippen LogP contribution in [0.4, 0.5) is 0 Å². The molecule has 1 N–H and O–H groups in total. The second-order valence-electron chi connectivity index (χ2n) is 6.01. The fraction of sp³-hybridized carbons (Fsp3) is 0.0455. The van der Waals surface area contributed by atoms with Gasteiger partial charge < -0.3 is 4.74 Å². The Hall–Kier alpha value is -3.73. The van der Waals surface area contributed by atoms with Gasteiger partial charge >= 0.3 is 0 Å². The molecular formula is C22H18N4O. The van der Waals surface area contributed by atoms with Gasteiger partial charge in [0, 0.05) is 0 Å². The zero-order valence-corrected chi connectivity index (χ0v) is 14.6. The molecule has 132 valence electrons. The lowest BCUT2D eigenvalue weighted by molar-refractivity contribution is 0.247. The summed E-state index contributed by atoms with van der Waals surface area (Å²) in [5.41, 5.74) is 3.22. The molecule has 5 nitrogen and oxygen atoms in total. The first kappa shape index (κ1) is 16.7. The van der Waals surface area contributed by atoms with Gasteiger partial charge in [0.1, 0.15) is 11.9 Å². The number of hydrogen-bond donors (Lipinski definition) is 1. The molecule has 5 heteroatoms. The van der Waals surface area contributed by atoms with Crippen molar-refractivity contribution in [3.8, 4) is 5.75 Å². The van der Waals surface area contributed by atoms with Crippen LogP contribution in [0.3, 0.4) is 0 Å². The zero-order chi connectivity index (χ0) is 18.3. The van der Waals surface area contributed by atoms with Crippen molar-refractivity contribution in [2.24, 2.45) is 0 Å². The molecule has 4 rings (SSSR count). The highest BCUT2D eigenvalue weighted by Crippen LogP contribution is 2.29. The van der Waals surface area contributed by atoms with Crippen LogP contribution in [0.15, 0.2) is 84.9 Å². The van der Waals surface area contributed by atoms with Crippen molar-refractivity contribution in [3.63, 3.8) is 0 Å². The van der Waals surface area contributed by atoms with Crippen LogP contribution in [0, 0.1) is 0 Å². The summed E-state index contributed by atoms with van der Waals surface area (Å²) in [5.74, 6) is 1.40. The first-order chi connectivity index (χ1) is 13.4. The van der Waals surface area contributed by atoms with Crippen molar-refractivity contribution < 1.29 is 4.74 Å². The number of aromatic amines is 1. The number of hydrogen-bond acceptors (Lipinski definition) is 4. The molecule has 0 saturated heterocycles. The molecule has 0 fully saturated rings. The zero-order valence-electron chi connectivity index (χ0n) is 14.6. The van der Waals surface area contributed by atoms with Gasteiger partial charge in [0.25, 0.3) is 0 Å². The van der Waals surface area contributed by atoms with E-state index < -0.39 is 0 Å². The number of tetrazole rings is 1. The fourth-order valence-electron chi connectivity index (χ4n) is 2.82. The van der Waals surface area contributed by atoms with E-state index in [1.54, 1.807) is 0 Å². The molecule has 0 radical (unpaired) electrons. The maximum atomic E-state index is 6.38. The number of benzene rings is 3. The maximum Gasteiger partial charge on any atom is 0.172 e. The van der Waals surface area contributed by atoms with E-state index in [4.69, 9.17) is 4.74 Å². The Morgan fingerprint density at radius 1 is 0.778 bits per heavy atom. The van der Waals surface area contributed by atoms with E-state index in [1.165, 1.54) is 0 Å². The number of ether oxygens (including phenoxy) is 1. The van der Waals surface area contributed by atoms with Crippen molar-refractivity contribution in [1.82, 2.24) is 20.6 Å². The third kappa shape index (κ3) is 4.27. The molecule has 1 aromatic heterocycles. The minimum absolute atomic E-state index is 0.176. The molecule has 0 amide bonds. The molecule has 27 heavy (non-hydrogen) atoms. The Balaban J connectivity index is 1.61. The topological polar surface area (TPSA) is 63.7 Å². The fourth-order valence-corrected chi connectivity index (χ4v) is 2.82. The van der Waals surface area contributed by atoms with Crippen LogP contribution in [-0.4, -0.2) is 20.6 Å². The van der Waals surface area contributed by atoms with Gasteiger partial charge in [-0.05, 0) is 45.3 Å². The number of nitrogens with one attached hydrogen (secondary N) is 1. The Bertz CT molecular complexity index is 959. The van der Waals surface area contributed by atoms with Crippen LogP contribution < -0.4 is 4.74 Å². The van der Waals surface area contributed by atoms with E-state index in [1.807, 2.05) is 72.8 Å². The normalized spacial score (nSPS) is 11.1. The van der Waals surface area contributed by atoms with Crippen molar-refractivity contribution in [2.75, 3.05) is 0 Å². The lowest BCUT2D eigenvalue weighted by Gasteiger charge is -2.20.